The van der Waals surface area contributed by atoms with Gasteiger partial charge in [0.2, 0.25) is 0 Å². The number of hydrogen-bond acceptors (Lipinski definition) is 4. The summed E-state index contributed by atoms with van der Waals surface area (Å²) in [6.07, 6.45) is -0.857. The van der Waals surface area contributed by atoms with Crippen molar-refractivity contribution in [2.45, 2.75) is 6.10 Å². The van der Waals surface area contributed by atoms with Gasteiger partial charge in [0.25, 0.3) is 0 Å². The Morgan fingerprint density at radius 3 is 2.21 bits per heavy atom. The normalized spacial score (nSPS) is 13.5. The highest BCUT2D eigenvalue weighted by molar-refractivity contribution is 4.45. The van der Waals surface area contributed by atoms with Crippen LogP contribution in [0.4, 0.5) is 0 Å². The van der Waals surface area contributed by atoms with E-state index in [1.165, 1.54) is 0 Å². The topological polar surface area (TPSA) is 58.9 Å². The molecule has 0 saturated heterocycles. The maximum absolute atomic E-state index is 8.86. The molecule has 0 aromatic rings. The van der Waals surface area contributed by atoms with E-state index in [1.54, 1.807) is 0 Å². The van der Waals surface area contributed by atoms with E-state index < -0.39 is 6.10 Å². The summed E-state index contributed by atoms with van der Waals surface area (Å²) < 4.78 is 0.798. The summed E-state index contributed by atoms with van der Waals surface area (Å²) in [6, 6.07) is 0. The van der Waals surface area contributed by atoms with Gasteiger partial charge in [-0.05, 0) is 0 Å². The van der Waals surface area contributed by atoms with E-state index >= 15 is 0 Å². The first-order valence-electron chi connectivity index (χ1n) is 4.29. The number of rotatable bonds is 7. The molecule has 0 amide bonds. The van der Waals surface area contributed by atoms with Gasteiger partial charge in [-0.25, -0.2) is 9.78 Å². The molecule has 0 aromatic heterocycles. The van der Waals surface area contributed by atoms with Crippen molar-refractivity contribution in [3.63, 3.8) is 0 Å². The summed E-state index contributed by atoms with van der Waals surface area (Å²) in [7, 11) is 6.14. The number of hydrogen-bond donors (Lipinski definition) is 2. The molecular formula is C8H20INO4. The average Bonchev–Trinajstić information content (AvgIpc) is 2.01. The zero-order valence-corrected chi connectivity index (χ0v) is 11.1. The Kier molecular flexibility index (Phi) is 10.7. The van der Waals surface area contributed by atoms with Crippen molar-refractivity contribution in [3.8, 4) is 0 Å². The summed E-state index contributed by atoms with van der Waals surface area (Å²) in [5.74, 6) is 0. The third-order valence-electron chi connectivity index (χ3n) is 1.40. The maximum atomic E-state index is 8.86. The third kappa shape index (κ3) is 12.5. The molecule has 2 N–H and O–H groups in total. The van der Waals surface area contributed by atoms with Crippen LogP contribution in [0.15, 0.2) is 0 Å². The molecule has 5 nitrogen and oxygen atoms in total. The molecule has 0 radical (unpaired) electrons. The molecular weight excluding hydrogens is 301 g/mol. The molecule has 0 saturated carbocycles. The van der Waals surface area contributed by atoms with E-state index in [0.29, 0.717) is 6.61 Å². The van der Waals surface area contributed by atoms with Crippen molar-refractivity contribution in [2.24, 2.45) is 0 Å². The first kappa shape index (κ1) is 16.9. The van der Waals surface area contributed by atoms with Crippen LogP contribution in [-0.4, -0.2) is 68.3 Å². The van der Waals surface area contributed by atoms with Gasteiger partial charge in [-0.3, -0.25) is 0 Å². The third-order valence-corrected chi connectivity index (χ3v) is 1.40. The summed E-state index contributed by atoms with van der Waals surface area (Å²) in [5, 5.41) is 17.3. The van der Waals surface area contributed by atoms with Gasteiger partial charge in [0, 0.05) is 0 Å². The van der Waals surface area contributed by atoms with Crippen LogP contribution in [0.5, 0.6) is 0 Å². The van der Waals surface area contributed by atoms with Crippen LogP contribution >= 0.6 is 0 Å². The minimum absolute atomic E-state index is 0. The predicted molar refractivity (Wildman–Crippen MR) is 47.9 cm³/mol. The number of aliphatic hydroxyl groups excluding tert-OH is 2. The molecule has 0 bridgehead atoms. The lowest BCUT2D eigenvalue weighted by Crippen LogP contribution is -3.00. The van der Waals surface area contributed by atoms with Crippen LogP contribution < -0.4 is 24.0 Å². The molecule has 0 aliphatic heterocycles. The SMILES string of the molecule is C[N+](C)(C)CCOOCC(O)CO.[I-]. The van der Waals surface area contributed by atoms with Gasteiger partial charge < -0.3 is 38.7 Å². The van der Waals surface area contributed by atoms with Crippen molar-refractivity contribution in [3.05, 3.63) is 0 Å². The van der Waals surface area contributed by atoms with E-state index in [2.05, 4.69) is 4.89 Å². The fourth-order valence-corrected chi connectivity index (χ4v) is 0.549. The van der Waals surface area contributed by atoms with Crippen molar-refractivity contribution < 1.29 is 48.4 Å². The van der Waals surface area contributed by atoms with Crippen LogP contribution in [0.2, 0.25) is 0 Å². The lowest BCUT2D eigenvalue weighted by Gasteiger charge is -2.23. The van der Waals surface area contributed by atoms with E-state index in [0.717, 1.165) is 11.0 Å². The second-order valence-corrected chi connectivity index (χ2v) is 3.96. The molecule has 14 heavy (non-hydrogen) atoms. The minimum Gasteiger partial charge on any atom is -1.00 e. The van der Waals surface area contributed by atoms with E-state index in [4.69, 9.17) is 15.1 Å². The van der Waals surface area contributed by atoms with Crippen LogP contribution in [0.3, 0.4) is 0 Å². The zero-order chi connectivity index (χ0) is 10.3. The van der Waals surface area contributed by atoms with Crippen LogP contribution in [0.1, 0.15) is 0 Å². The number of likely N-dealkylation sites (N-methyl/N-ethyl adjacent to an activating group) is 1. The fraction of sp³-hybridized carbons (Fsp3) is 1.00. The summed E-state index contributed by atoms with van der Waals surface area (Å²) in [5.41, 5.74) is 0. The van der Waals surface area contributed by atoms with Gasteiger partial charge in [0.1, 0.15) is 25.9 Å². The molecule has 0 aliphatic carbocycles. The molecule has 0 aromatic carbocycles. The molecule has 0 spiro atoms. The van der Waals surface area contributed by atoms with Crippen LogP contribution in [-0.2, 0) is 9.78 Å². The molecule has 6 heteroatoms. The summed E-state index contributed by atoms with van der Waals surface area (Å²) >= 11 is 0. The minimum atomic E-state index is -0.857. The summed E-state index contributed by atoms with van der Waals surface area (Å²) in [4.78, 5) is 9.46. The highest BCUT2D eigenvalue weighted by Gasteiger charge is 2.07. The van der Waals surface area contributed by atoms with Crippen molar-refractivity contribution in [1.29, 1.82) is 0 Å². The van der Waals surface area contributed by atoms with Crippen LogP contribution in [0.25, 0.3) is 0 Å². The number of nitrogens with zero attached hydrogens (tertiary/aromatic N) is 1. The Morgan fingerprint density at radius 1 is 1.21 bits per heavy atom. The maximum Gasteiger partial charge on any atom is 0.131 e. The van der Waals surface area contributed by atoms with Crippen molar-refractivity contribution in [1.82, 2.24) is 0 Å². The van der Waals surface area contributed by atoms with Gasteiger partial charge in [-0.15, -0.1) is 0 Å². The highest BCUT2D eigenvalue weighted by atomic mass is 127. The van der Waals surface area contributed by atoms with Crippen LogP contribution in [0, 0.1) is 0 Å². The second kappa shape index (κ2) is 8.81. The first-order valence-corrected chi connectivity index (χ1v) is 4.29. The standard InChI is InChI=1S/C8H20NO4.HI/c1-9(2,3)4-5-12-13-7-8(11)6-10;/h8,10-11H,4-7H2,1-3H3;1H/q+1;/p-1. The first-order chi connectivity index (χ1) is 5.95. The Labute approximate surface area is 102 Å². The molecule has 88 valence electrons. The highest BCUT2D eigenvalue weighted by Crippen LogP contribution is 1.91. The van der Waals surface area contributed by atoms with Crippen molar-refractivity contribution >= 4 is 0 Å². The largest absolute Gasteiger partial charge is 1.00 e. The number of quaternary nitrogens is 1. The second-order valence-electron chi connectivity index (χ2n) is 3.96. The van der Waals surface area contributed by atoms with E-state index in [-0.39, 0.29) is 37.2 Å². The van der Waals surface area contributed by atoms with E-state index in [1.807, 2.05) is 21.1 Å². The average molecular weight is 321 g/mol. The van der Waals surface area contributed by atoms with Gasteiger partial charge in [0.15, 0.2) is 0 Å². The fourth-order valence-electron chi connectivity index (χ4n) is 0.549. The smallest absolute Gasteiger partial charge is 0.131 e. The van der Waals surface area contributed by atoms with Gasteiger partial charge in [-0.1, -0.05) is 0 Å². The predicted octanol–water partition coefficient (Wildman–Crippen LogP) is -4.00. The lowest BCUT2D eigenvalue weighted by atomic mass is 10.4. The molecule has 0 rings (SSSR count). The quantitative estimate of drug-likeness (QED) is 0.165. The number of halogens is 1. The number of aliphatic hydroxyl groups is 2. The van der Waals surface area contributed by atoms with E-state index in [9.17, 15) is 0 Å². The van der Waals surface area contributed by atoms with Gasteiger partial charge in [0.05, 0.1) is 27.7 Å². The Hall–Kier alpha value is 0.530. The Morgan fingerprint density at radius 2 is 1.79 bits per heavy atom. The Balaban J connectivity index is 0. The van der Waals surface area contributed by atoms with Crippen molar-refractivity contribution in [2.75, 3.05) is 47.5 Å². The monoisotopic (exact) mass is 321 g/mol. The Bertz CT molecular complexity index is 129. The summed E-state index contributed by atoms with van der Waals surface area (Å²) in [6.45, 7) is 1.00. The lowest BCUT2D eigenvalue weighted by molar-refractivity contribution is -0.871. The zero-order valence-electron chi connectivity index (χ0n) is 8.94. The van der Waals surface area contributed by atoms with Gasteiger partial charge >= 0.3 is 0 Å². The molecule has 1 atom stereocenters. The molecule has 0 heterocycles. The molecule has 0 fully saturated rings. The molecule has 1 unspecified atom stereocenters. The molecule has 0 aliphatic rings. The van der Waals surface area contributed by atoms with Gasteiger partial charge in [-0.2, -0.15) is 0 Å².